The number of aromatic nitrogens is 2. The van der Waals surface area contributed by atoms with Crippen LogP contribution in [0.3, 0.4) is 0 Å². The zero-order chi connectivity index (χ0) is 26.6. The Hall–Kier alpha value is -3.39. The van der Waals surface area contributed by atoms with Gasteiger partial charge in [0.25, 0.3) is 0 Å². The minimum Gasteiger partial charge on any atom is -0.352 e. The molecule has 2 aromatic heterocycles. The molecule has 1 aliphatic rings. The third-order valence-electron chi connectivity index (χ3n) is 6.70. The van der Waals surface area contributed by atoms with E-state index in [4.69, 9.17) is 35.4 Å². The summed E-state index contributed by atoms with van der Waals surface area (Å²) in [5, 5.41) is 8.20. The SMILES string of the molecule is CCc1ccccc1NC(=O)CCN1C(=S)N[C@H](c2ccccn2)[C@H]1c1cccn1-c1ccc(Cl)cc1Cl. The molecule has 2 N–H and O–H groups in total. The Morgan fingerprint density at radius 3 is 2.66 bits per heavy atom. The van der Waals surface area contributed by atoms with Gasteiger partial charge in [0.15, 0.2) is 5.11 Å². The lowest BCUT2D eigenvalue weighted by Crippen LogP contribution is -2.33. The van der Waals surface area contributed by atoms with Crippen molar-refractivity contribution in [3.05, 3.63) is 112 Å². The summed E-state index contributed by atoms with van der Waals surface area (Å²) < 4.78 is 2.04. The highest BCUT2D eigenvalue weighted by Gasteiger charge is 2.41. The molecule has 194 valence electrons. The summed E-state index contributed by atoms with van der Waals surface area (Å²) in [7, 11) is 0. The summed E-state index contributed by atoms with van der Waals surface area (Å²) in [4.78, 5) is 19.7. The van der Waals surface area contributed by atoms with E-state index in [0.717, 1.165) is 34.7 Å². The average Bonchev–Trinajstić information content (AvgIpc) is 3.52. The summed E-state index contributed by atoms with van der Waals surface area (Å²) in [5.41, 5.74) is 4.58. The summed E-state index contributed by atoms with van der Waals surface area (Å²) in [6, 6.07) is 22.7. The maximum absolute atomic E-state index is 13.0. The fourth-order valence-electron chi connectivity index (χ4n) is 4.88. The molecule has 1 amide bonds. The summed E-state index contributed by atoms with van der Waals surface area (Å²) in [5.74, 6) is -0.0649. The number of thiocarbonyl (C=S) groups is 1. The molecule has 4 aromatic rings. The Balaban J connectivity index is 1.45. The molecule has 0 spiro atoms. The van der Waals surface area contributed by atoms with Crippen LogP contribution in [0.4, 0.5) is 5.69 Å². The smallest absolute Gasteiger partial charge is 0.226 e. The second-order valence-corrected chi connectivity index (χ2v) is 10.3. The van der Waals surface area contributed by atoms with Crippen LogP contribution in [0.2, 0.25) is 10.0 Å². The third-order valence-corrected chi connectivity index (χ3v) is 7.59. The number of amides is 1. The van der Waals surface area contributed by atoms with Gasteiger partial charge in [0.2, 0.25) is 5.91 Å². The highest BCUT2D eigenvalue weighted by molar-refractivity contribution is 7.80. The summed E-state index contributed by atoms with van der Waals surface area (Å²) in [6.45, 7) is 2.50. The van der Waals surface area contributed by atoms with Crippen LogP contribution in [0, 0.1) is 0 Å². The molecule has 5 rings (SSSR count). The molecule has 2 atom stereocenters. The van der Waals surface area contributed by atoms with Crippen LogP contribution >= 0.6 is 35.4 Å². The molecule has 2 aromatic carbocycles. The zero-order valence-corrected chi connectivity index (χ0v) is 23.1. The fourth-order valence-corrected chi connectivity index (χ4v) is 5.72. The lowest BCUT2D eigenvalue weighted by molar-refractivity contribution is -0.116. The van der Waals surface area contributed by atoms with Gasteiger partial charge in [0.05, 0.1) is 28.5 Å². The number of rotatable bonds is 8. The van der Waals surface area contributed by atoms with Crippen molar-refractivity contribution < 1.29 is 4.79 Å². The monoisotopic (exact) mass is 563 g/mol. The molecule has 0 unspecified atom stereocenters. The maximum atomic E-state index is 13.0. The molecule has 1 fully saturated rings. The van der Waals surface area contributed by atoms with E-state index < -0.39 is 0 Å². The van der Waals surface area contributed by atoms with Gasteiger partial charge >= 0.3 is 0 Å². The Kier molecular flexibility index (Phi) is 7.98. The van der Waals surface area contributed by atoms with Crippen molar-refractivity contribution in [1.82, 2.24) is 19.8 Å². The van der Waals surface area contributed by atoms with E-state index in [-0.39, 0.29) is 24.4 Å². The first-order chi connectivity index (χ1) is 18.5. The van der Waals surface area contributed by atoms with Crippen molar-refractivity contribution in [1.29, 1.82) is 0 Å². The molecule has 6 nitrogen and oxygen atoms in total. The second-order valence-electron chi connectivity index (χ2n) is 9.03. The summed E-state index contributed by atoms with van der Waals surface area (Å²) in [6.07, 6.45) is 4.85. The lowest BCUT2D eigenvalue weighted by Gasteiger charge is -2.29. The van der Waals surface area contributed by atoms with Crippen LogP contribution in [0.25, 0.3) is 5.69 Å². The first-order valence-electron chi connectivity index (χ1n) is 12.4. The molecule has 1 saturated heterocycles. The van der Waals surface area contributed by atoms with Gasteiger partial charge in [-0.25, -0.2) is 0 Å². The van der Waals surface area contributed by atoms with Crippen LogP contribution in [0.5, 0.6) is 0 Å². The van der Waals surface area contributed by atoms with Crippen molar-refractivity contribution in [2.75, 3.05) is 11.9 Å². The Morgan fingerprint density at radius 1 is 1.08 bits per heavy atom. The molecular formula is C29H27Cl2N5OS. The molecule has 0 bridgehead atoms. The van der Waals surface area contributed by atoms with Gasteiger partial charge in [-0.3, -0.25) is 9.78 Å². The highest BCUT2D eigenvalue weighted by atomic mass is 35.5. The van der Waals surface area contributed by atoms with E-state index in [0.29, 0.717) is 21.7 Å². The van der Waals surface area contributed by atoms with Gasteiger partial charge in [0.1, 0.15) is 0 Å². The first kappa shape index (κ1) is 26.2. The number of aryl methyl sites for hydroxylation is 1. The van der Waals surface area contributed by atoms with Crippen molar-refractivity contribution in [2.45, 2.75) is 31.8 Å². The molecular weight excluding hydrogens is 537 g/mol. The number of halogens is 2. The maximum Gasteiger partial charge on any atom is 0.226 e. The van der Waals surface area contributed by atoms with Gasteiger partial charge in [0, 0.05) is 41.8 Å². The van der Waals surface area contributed by atoms with Crippen LogP contribution in [-0.2, 0) is 11.2 Å². The van der Waals surface area contributed by atoms with Crippen LogP contribution in [-0.4, -0.2) is 32.0 Å². The first-order valence-corrected chi connectivity index (χ1v) is 13.6. The van der Waals surface area contributed by atoms with Crippen molar-refractivity contribution >= 4 is 52.1 Å². The standard InChI is InChI=1S/C29H27Cl2N5OS/c1-2-19-8-3-4-9-22(19)33-26(37)14-17-36-28(27(34-29(36)38)23-10-5-6-15-32-23)25-11-7-16-35(25)24-13-12-20(30)18-21(24)31/h3-13,15-16,18,27-28H,2,14,17H2,1H3,(H,33,37)(H,34,38)/t27-,28-/m1/s1. The molecule has 0 aliphatic carbocycles. The normalized spacial score (nSPS) is 16.9. The van der Waals surface area contributed by atoms with Crippen molar-refractivity contribution in [3.63, 3.8) is 0 Å². The number of carbonyl (C=O) groups is 1. The fraction of sp³-hybridized carbons (Fsp3) is 0.207. The largest absolute Gasteiger partial charge is 0.352 e. The molecule has 0 radical (unpaired) electrons. The zero-order valence-electron chi connectivity index (χ0n) is 20.8. The van der Waals surface area contributed by atoms with Gasteiger partial charge in [-0.05, 0) is 72.7 Å². The number of para-hydroxylation sites is 1. The minimum absolute atomic E-state index is 0.0649. The molecule has 3 heterocycles. The van der Waals surface area contributed by atoms with Crippen molar-refractivity contribution in [2.24, 2.45) is 0 Å². The van der Waals surface area contributed by atoms with E-state index in [1.165, 1.54) is 0 Å². The number of hydrogen-bond donors (Lipinski definition) is 2. The Bertz CT molecular complexity index is 1460. The van der Waals surface area contributed by atoms with Gasteiger partial charge in [-0.15, -0.1) is 0 Å². The Morgan fingerprint density at radius 2 is 1.89 bits per heavy atom. The number of benzene rings is 2. The van der Waals surface area contributed by atoms with E-state index in [1.807, 2.05) is 77.5 Å². The lowest BCUT2D eigenvalue weighted by atomic mass is 10.0. The number of nitrogens with zero attached hydrogens (tertiary/aromatic N) is 3. The van der Waals surface area contributed by atoms with Crippen LogP contribution in [0.15, 0.2) is 85.2 Å². The van der Waals surface area contributed by atoms with E-state index in [9.17, 15) is 4.79 Å². The molecule has 1 aliphatic heterocycles. The Labute approximate surface area is 237 Å². The van der Waals surface area contributed by atoms with E-state index >= 15 is 0 Å². The van der Waals surface area contributed by atoms with Crippen LogP contribution in [0.1, 0.15) is 42.4 Å². The predicted molar refractivity (Wildman–Crippen MR) is 157 cm³/mol. The number of nitrogens with one attached hydrogen (secondary N) is 2. The van der Waals surface area contributed by atoms with E-state index in [2.05, 4.69) is 27.4 Å². The van der Waals surface area contributed by atoms with Crippen molar-refractivity contribution in [3.8, 4) is 5.69 Å². The third kappa shape index (κ3) is 5.41. The molecule has 9 heteroatoms. The topological polar surface area (TPSA) is 62.2 Å². The number of pyridine rings is 1. The average molecular weight is 565 g/mol. The molecule has 38 heavy (non-hydrogen) atoms. The number of carbonyl (C=O) groups excluding carboxylic acids is 1. The van der Waals surface area contributed by atoms with E-state index in [1.54, 1.807) is 12.3 Å². The van der Waals surface area contributed by atoms with Gasteiger partial charge in [-0.2, -0.15) is 0 Å². The summed E-state index contributed by atoms with van der Waals surface area (Å²) >= 11 is 18.6. The minimum atomic E-state index is -0.227. The van der Waals surface area contributed by atoms with Gasteiger partial charge in [-0.1, -0.05) is 54.4 Å². The van der Waals surface area contributed by atoms with Crippen LogP contribution < -0.4 is 10.6 Å². The number of anilines is 1. The quantitative estimate of drug-likeness (QED) is 0.232. The molecule has 0 saturated carbocycles. The predicted octanol–water partition coefficient (Wildman–Crippen LogP) is 6.74. The second kappa shape index (κ2) is 11.6. The number of hydrogen-bond acceptors (Lipinski definition) is 3. The van der Waals surface area contributed by atoms with Gasteiger partial charge < -0.3 is 20.1 Å². The highest BCUT2D eigenvalue weighted by Crippen LogP contribution is 2.40.